The minimum Gasteiger partial charge on any atom is -0.241 e. The predicted octanol–water partition coefficient (Wildman–Crippen LogP) is 4.39. The van der Waals surface area contributed by atoms with Gasteiger partial charge in [-0.3, -0.25) is 0 Å². The zero-order chi connectivity index (χ0) is 11.0. The molecule has 16 heavy (non-hydrogen) atoms. The standard InChI is InChI=1S/C13H10BrNS/c14-8-7-12-15-13-10-4-2-1-3-9(10)5-6-11(13)16-12/h1-6H,7-8H2. The lowest BCUT2D eigenvalue weighted by Crippen LogP contribution is -1.82. The second-order valence-electron chi connectivity index (χ2n) is 3.68. The van der Waals surface area contributed by atoms with Crippen molar-refractivity contribution in [1.82, 2.24) is 4.98 Å². The van der Waals surface area contributed by atoms with Crippen molar-refractivity contribution in [2.45, 2.75) is 6.42 Å². The smallest absolute Gasteiger partial charge is 0.0947 e. The fourth-order valence-electron chi connectivity index (χ4n) is 1.90. The first kappa shape index (κ1) is 10.2. The second-order valence-corrected chi connectivity index (χ2v) is 5.59. The zero-order valence-electron chi connectivity index (χ0n) is 8.61. The molecule has 0 saturated carbocycles. The Hall–Kier alpha value is -0.930. The Morgan fingerprint density at radius 2 is 2.00 bits per heavy atom. The summed E-state index contributed by atoms with van der Waals surface area (Å²) in [6.45, 7) is 0. The quantitative estimate of drug-likeness (QED) is 0.638. The van der Waals surface area contributed by atoms with E-state index in [0.717, 1.165) is 17.3 Å². The van der Waals surface area contributed by atoms with Gasteiger partial charge in [-0.15, -0.1) is 11.3 Å². The second kappa shape index (κ2) is 4.15. The van der Waals surface area contributed by atoms with Gasteiger partial charge in [0, 0.05) is 17.1 Å². The molecule has 3 aromatic rings. The van der Waals surface area contributed by atoms with Gasteiger partial charge in [-0.2, -0.15) is 0 Å². The molecule has 0 aliphatic heterocycles. The summed E-state index contributed by atoms with van der Waals surface area (Å²) in [5.41, 5.74) is 1.15. The van der Waals surface area contributed by atoms with E-state index in [-0.39, 0.29) is 0 Å². The van der Waals surface area contributed by atoms with Crippen molar-refractivity contribution in [1.29, 1.82) is 0 Å². The average molecular weight is 292 g/mol. The maximum Gasteiger partial charge on any atom is 0.0947 e. The van der Waals surface area contributed by atoms with Crippen molar-refractivity contribution in [2.24, 2.45) is 0 Å². The number of aryl methyl sites for hydroxylation is 1. The van der Waals surface area contributed by atoms with E-state index in [2.05, 4.69) is 52.3 Å². The molecule has 3 heteroatoms. The molecule has 2 aromatic carbocycles. The summed E-state index contributed by atoms with van der Waals surface area (Å²) in [5.74, 6) is 0. The summed E-state index contributed by atoms with van der Waals surface area (Å²) in [6, 6.07) is 12.8. The third-order valence-corrected chi connectivity index (χ3v) is 4.11. The van der Waals surface area contributed by atoms with Crippen molar-refractivity contribution < 1.29 is 0 Å². The van der Waals surface area contributed by atoms with Crippen LogP contribution in [0.4, 0.5) is 0 Å². The molecule has 0 amide bonds. The van der Waals surface area contributed by atoms with Crippen LogP contribution in [0.15, 0.2) is 36.4 Å². The molecule has 3 rings (SSSR count). The van der Waals surface area contributed by atoms with Gasteiger partial charge in [0.05, 0.1) is 15.2 Å². The van der Waals surface area contributed by atoms with E-state index in [0.29, 0.717) is 0 Å². The maximum atomic E-state index is 4.72. The van der Waals surface area contributed by atoms with Gasteiger partial charge in [-0.1, -0.05) is 46.3 Å². The molecular weight excluding hydrogens is 282 g/mol. The Morgan fingerprint density at radius 3 is 2.88 bits per heavy atom. The first-order valence-corrected chi connectivity index (χ1v) is 7.15. The third kappa shape index (κ3) is 1.64. The number of hydrogen-bond acceptors (Lipinski definition) is 2. The lowest BCUT2D eigenvalue weighted by molar-refractivity contribution is 1.13. The molecular formula is C13H10BrNS. The highest BCUT2D eigenvalue weighted by Gasteiger charge is 2.06. The Kier molecular flexibility index (Phi) is 2.65. The minimum atomic E-state index is 0.977. The summed E-state index contributed by atoms with van der Waals surface area (Å²) in [4.78, 5) is 4.72. The molecule has 0 bridgehead atoms. The summed E-state index contributed by atoms with van der Waals surface area (Å²) in [5, 5.41) is 4.72. The van der Waals surface area contributed by atoms with Crippen LogP contribution < -0.4 is 0 Å². The Labute approximate surface area is 106 Å². The first-order valence-electron chi connectivity index (χ1n) is 5.21. The molecule has 0 aliphatic rings. The molecule has 0 aliphatic carbocycles. The van der Waals surface area contributed by atoms with Crippen molar-refractivity contribution in [3.63, 3.8) is 0 Å². The van der Waals surface area contributed by atoms with E-state index in [1.807, 2.05) is 0 Å². The van der Waals surface area contributed by atoms with E-state index < -0.39 is 0 Å². The van der Waals surface area contributed by atoms with Gasteiger partial charge in [0.15, 0.2) is 0 Å². The number of rotatable bonds is 2. The van der Waals surface area contributed by atoms with Crippen LogP contribution in [0.1, 0.15) is 5.01 Å². The van der Waals surface area contributed by atoms with E-state index in [4.69, 9.17) is 4.98 Å². The van der Waals surface area contributed by atoms with E-state index in [1.165, 1.54) is 20.5 Å². The molecule has 0 saturated heterocycles. The molecule has 1 nitrogen and oxygen atoms in total. The maximum absolute atomic E-state index is 4.72. The van der Waals surface area contributed by atoms with Crippen molar-refractivity contribution in [3.05, 3.63) is 41.4 Å². The lowest BCUT2D eigenvalue weighted by atomic mass is 10.1. The highest BCUT2D eigenvalue weighted by Crippen LogP contribution is 2.29. The Bertz CT molecular complexity index is 645. The van der Waals surface area contributed by atoms with Gasteiger partial charge in [-0.25, -0.2) is 4.98 Å². The van der Waals surface area contributed by atoms with E-state index in [9.17, 15) is 0 Å². The van der Waals surface area contributed by atoms with Gasteiger partial charge in [-0.05, 0) is 11.5 Å². The van der Waals surface area contributed by atoms with Crippen LogP contribution in [0, 0.1) is 0 Å². The summed E-state index contributed by atoms with van der Waals surface area (Å²) < 4.78 is 1.29. The number of halogens is 1. The molecule has 0 fully saturated rings. The normalized spacial score (nSPS) is 11.3. The zero-order valence-corrected chi connectivity index (χ0v) is 11.0. The monoisotopic (exact) mass is 291 g/mol. The summed E-state index contributed by atoms with van der Waals surface area (Å²) in [7, 11) is 0. The molecule has 0 spiro atoms. The van der Waals surface area contributed by atoms with Crippen LogP contribution in [0.25, 0.3) is 21.0 Å². The largest absolute Gasteiger partial charge is 0.241 e. The number of aromatic nitrogens is 1. The topological polar surface area (TPSA) is 12.9 Å². The highest BCUT2D eigenvalue weighted by molar-refractivity contribution is 9.09. The van der Waals surface area contributed by atoms with Crippen LogP contribution in [0.2, 0.25) is 0 Å². The number of nitrogens with zero attached hydrogens (tertiary/aromatic N) is 1. The van der Waals surface area contributed by atoms with Crippen molar-refractivity contribution in [3.8, 4) is 0 Å². The summed E-state index contributed by atoms with van der Waals surface area (Å²) in [6.07, 6.45) is 1.01. The molecule has 0 atom stereocenters. The summed E-state index contributed by atoms with van der Waals surface area (Å²) >= 11 is 5.26. The lowest BCUT2D eigenvalue weighted by Gasteiger charge is -1.96. The van der Waals surface area contributed by atoms with Crippen LogP contribution in [0.5, 0.6) is 0 Å². The number of thiazole rings is 1. The van der Waals surface area contributed by atoms with Gasteiger partial charge in [0.2, 0.25) is 0 Å². The first-order chi connectivity index (χ1) is 7.88. The van der Waals surface area contributed by atoms with Gasteiger partial charge in [0.1, 0.15) is 0 Å². The number of benzene rings is 2. The molecule has 1 heterocycles. The van der Waals surface area contributed by atoms with Crippen LogP contribution in [0.3, 0.4) is 0 Å². The van der Waals surface area contributed by atoms with Crippen LogP contribution >= 0.6 is 27.3 Å². The predicted molar refractivity (Wildman–Crippen MR) is 74.6 cm³/mol. The van der Waals surface area contributed by atoms with Crippen LogP contribution in [-0.4, -0.2) is 10.3 Å². The van der Waals surface area contributed by atoms with Gasteiger partial charge in [0.25, 0.3) is 0 Å². The van der Waals surface area contributed by atoms with E-state index >= 15 is 0 Å². The van der Waals surface area contributed by atoms with E-state index in [1.54, 1.807) is 11.3 Å². The molecule has 0 N–H and O–H groups in total. The van der Waals surface area contributed by atoms with Gasteiger partial charge < -0.3 is 0 Å². The average Bonchev–Trinajstić information content (AvgIpc) is 2.72. The fourth-order valence-corrected chi connectivity index (χ4v) is 3.52. The van der Waals surface area contributed by atoms with Crippen LogP contribution in [-0.2, 0) is 6.42 Å². The number of alkyl halides is 1. The third-order valence-electron chi connectivity index (χ3n) is 2.64. The highest BCUT2D eigenvalue weighted by atomic mass is 79.9. The van der Waals surface area contributed by atoms with Gasteiger partial charge >= 0.3 is 0 Å². The number of fused-ring (bicyclic) bond motifs is 3. The molecule has 1 aromatic heterocycles. The van der Waals surface area contributed by atoms with Crippen molar-refractivity contribution >= 4 is 48.3 Å². The molecule has 0 radical (unpaired) electrons. The van der Waals surface area contributed by atoms with Crippen molar-refractivity contribution in [2.75, 3.05) is 5.33 Å². The Morgan fingerprint density at radius 1 is 1.12 bits per heavy atom. The molecule has 80 valence electrons. The SMILES string of the molecule is BrCCc1nc2c(ccc3ccccc32)s1. The molecule has 0 unspecified atom stereocenters. The number of hydrogen-bond donors (Lipinski definition) is 0. The Balaban J connectivity index is 2.32. The minimum absolute atomic E-state index is 0.977. The fraction of sp³-hybridized carbons (Fsp3) is 0.154.